The number of ether oxygens (including phenoxy) is 1. The van der Waals surface area contributed by atoms with Crippen LogP contribution in [0.1, 0.15) is 25.1 Å². The number of benzene rings is 2. The molecule has 1 aliphatic rings. The lowest BCUT2D eigenvalue weighted by Gasteiger charge is -2.33. The minimum Gasteiger partial charge on any atom is -0.495 e. The van der Waals surface area contributed by atoms with Crippen molar-refractivity contribution in [2.24, 2.45) is 0 Å². The number of carbonyl (C=O) groups excluding carboxylic acids is 2. The van der Waals surface area contributed by atoms with Gasteiger partial charge in [0.15, 0.2) is 0 Å². The minimum atomic E-state index is -0.165. The first-order chi connectivity index (χ1) is 17.4. The van der Waals surface area contributed by atoms with Crippen molar-refractivity contribution in [2.75, 3.05) is 50.6 Å². The third-order valence-corrected chi connectivity index (χ3v) is 6.79. The van der Waals surface area contributed by atoms with Gasteiger partial charge in [0.25, 0.3) is 0 Å². The lowest BCUT2D eigenvalue weighted by atomic mass is 9.99. The quantitative estimate of drug-likeness (QED) is 0.495. The highest BCUT2D eigenvalue weighted by atomic mass is 35.5. The highest BCUT2D eigenvalue weighted by Crippen LogP contribution is 2.35. The minimum absolute atomic E-state index is 0.0542. The fraction of sp³-hybridized carbons (Fsp3) is 0.370. The summed E-state index contributed by atoms with van der Waals surface area (Å²) >= 11 is 6.11. The van der Waals surface area contributed by atoms with Crippen LogP contribution in [0.2, 0.25) is 5.02 Å². The van der Waals surface area contributed by atoms with Crippen LogP contribution in [0.5, 0.6) is 5.75 Å². The van der Waals surface area contributed by atoms with Crippen LogP contribution in [0.4, 0.5) is 16.2 Å². The molecule has 0 radical (unpaired) electrons. The third kappa shape index (κ3) is 5.24. The van der Waals surface area contributed by atoms with E-state index in [9.17, 15) is 9.59 Å². The van der Waals surface area contributed by atoms with Gasteiger partial charge in [-0.2, -0.15) is 0 Å². The summed E-state index contributed by atoms with van der Waals surface area (Å²) in [6.45, 7) is 6.60. The monoisotopic (exact) mass is 509 g/mol. The second-order valence-corrected chi connectivity index (χ2v) is 9.21. The second kappa shape index (κ2) is 11.1. The van der Waals surface area contributed by atoms with Crippen LogP contribution in [0.25, 0.3) is 10.9 Å². The van der Waals surface area contributed by atoms with E-state index in [2.05, 4.69) is 10.2 Å². The first-order valence-corrected chi connectivity index (χ1v) is 12.5. The highest BCUT2D eigenvalue weighted by molar-refractivity contribution is 6.31. The predicted octanol–water partition coefficient (Wildman–Crippen LogP) is 4.79. The maximum atomic E-state index is 13.3. The highest BCUT2D eigenvalue weighted by Gasteiger charge is 2.28. The molecular formula is C27H32ClN5O3. The van der Waals surface area contributed by atoms with E-state index >= 15 is 0 Å². The fourth-order valence-corrected chi connectivity index (χ4v) is 4.89. The summed E-state index contributed by atoms with van der Waals surface area (Å²) < 4.78 is 5.34. The molecule has 0 fully saturated rings. The van der Waals surface area contributed by atoms with Crippen molar-refractivity contribution < 1.29 is 14.3 Å². The number of anilines is 2. The van der Waals surface area contributed by atoms with Crippen LogP contribution in [0.3, 0.4) is 0 Å². The van der Waals surface area contributed by atoms with Crippen LogP contribution >= 0.6 is 11.6 Å². The molecule has 3 aromatic rings. The van der Waals surface area contributed by atoms with E-state index in [0.717, 1.165) is 27.8 Å². The van der Waals surface area contributed by atoms with E-state index in [1.165, 1.54) is 0 Å². The van der Waals surface area contributed by atoms with E-state index in [-0.39, 0.29) is 18.5 Å². The lowest BCUT2D eigenvalue weighted by molar-refractivity contribution is -0.117. The van der Waals surface area contributed by atoms with Crippen molar-refractivity contribution >= 4 is 45.8 Å². The van der Waals surface area contributed by atoms with Crippen LogP contribution in [-0.4, -0.2) is 67.1 Å². The molecule has 0 unspecified atom stereocenters. The number of pyridine rings is 1. The van der Waals surface area contributed by atoms with E-state index in [4.69, 9.17) is 21.3 Å². The van der Waals surface area contributed by atoms with Crippen LogP contribution in [0.15, 0.2) is 42.5 Å². The summed E-state index contributed by atoms with van der Waals surface area (Å²) in [6.07, 6.45) is 0.689. The van der Waals surface area contributed by atoms with Gasteiger partial charge in [-0.15, -0.1) is 0 Å². The maximum absolute atomic E-state index is 13.3. The number of nitrogens with one attached hydrogen (secondary N) is 1. The summed E-state index contributed by atoms with van der Waals surface area (Å²) in [6, 6.07) is 13.0. The molecule has 9 heteroatoms. The van der Waals surface area contributed by atoms with Gasteiger partial charge in [0.1, 0.15) is 5.75 Å². The van der Waals surface area contributed by atoms with Gasteiger partial charge in [-0.1, -0.05) is 29.8 Å². The van der Waals surface area contributed by atoms with Gasteiger partial charge < -0.3 is 15.0 Å². The molecule has 8 nitrogen and oxygen atoms in total. The molecule has 1 aromatic heterocycles. The Morgan fingerprint density at radius 3 is 2.64 bits per heavy atom. The second-order valence-electron chi connectivity index (χ2n) is 8.77. The lowest BCUT2D eigenvalue weighted by Crippen LogP contribution is -2.43. The van der Waals surface area contributed by atoms with Gasteiger partial charge >= 0.3 is 6.03 Å². The number of rotatable bonds is 7. The van der Waals surface area contributed by atoms with E-state index in [1.54, 1.807) is 35.1 Å². The Bertz CT molecular complexity index is 1280. The van der Waals surface area contributed by atoms with Gasteiger partial charge in [0, 0.05) is 61.3 Å². The summed E-state index contributed by atoms with van der Waals surface area (Å²) in [7, 11) is 3.37. The van der Waals surface area contributed by atoms with Gasteiger partial charge in [-0.05, 0) is 38.1 Å². The molecule has 2 heterocycles. The number of methoxy groups -OCH3 is 1. The molecule has 0 aliphatic carbocycles. The molecule has 4 rings (SSSR count). The summed E-state index contributed by atoms with van der Waals surface area (Å²) in [5.41, 5.74) is 4.20. The van der Waals surface area contributed by atoms with Crippen molar-refractivity contribution in [1.82, 2.24) is 14.8 Å². The van der Waals surface area contributed by atoms with Gasteiger partial charge in [0.05, 0.1) is 30.5 Å². The molecular weight excluding hydrogens is 478 g/mol. The third-order valence-electron chi connectivity index (χ3n) is 6.55. The summed E-state index contributed by atoms with van der Waals surface area (Å²) in [5.74, 6) is 0.383. The average Bonchev–Trinajstić information content (AvgIpc) is 2.87. The van der Waals surface area contributed by atoms with Crippen molar-refractivity contribution in [3.63, 3.8) is 0 Å². The largest absolute Gasteiger partial charge is 0.495 e. The number of urea groups is 1. The van der Waals surface area contributed by atoms with Crippen LogP contribution in [-0.2, 0) is 17.8 Å². The zero-order valence-electron chi connectivity index (χ0n) is 21.2. The first-order valence-electron chi connectivity index (χ1n) is 12.1. The van der Waals surface area contributed by atoms with Gasteiger partial charge in [-0.3, -0.25) is 19.6 Å². The molecule has 2 aromatic carbocycles. The Labute approximate surface area is 216 Å². The molecule has 0 saturated carbocycles. The van der Waals surface area contributed by atoms with Gasteiger partial charge in [0.2, 0.25) is 5.91 Å². The Morgan fingerprint density at radius 1 is 1.17 bits per heavy atom. The van der Waals surface area contributed by atoms with E-state index in [0.29, 0.717) is 49.1 Å². The standard InChI is InChI=1S/C27H32ClN5O3/c1-5-33(6-2)27(35)31(3)26-19-9-7-8-10-21(19)29-22-13-14-32(16-20(22)26)17-25(34)30-23-15-18(28)11-12-24(23)36-4/h7-12,15H,5-6,13-14,16-17H2,1-4H3,(H,30,34). The van der Waals surface area contributed by atoms with E-state index < -0.39 is 0 Å². The Morgan fingerprint density at radius 2 is 1.92 bits per heavy atom. The number of amides is 3. The molecule has 36 heavy (non-hydrogen) atoms. The number of aromatic nitrogens is 1. The number of hydrogen-bond acceptors (Lipinski definition) is 5. The van der Waals surface area contributed by atoms with Crippen molar-refractivity contribution in [3.05, 3.63) is 58.7 Å². The average molecular weight is 510 g/mol. The Hall–Kier alpha value is -3.36. The predicted molar refractivity (Wildman–Crippen MR) is 144 cm³/mol. The van der Waals surface area contributed by atoms with Crippen molar-refractivity contribution in [2.45, 2.75) is 26.8 Å². The number of hydrogen-bond donors (Lipinski definition) is 1. The molecule has 1 N–H and O–H groups in total. The van der Waals surface area contributed by atoms with E-state index in [1.807, 2.05) is 45.2 Å². The number of carbonyl (C=O) groups is 2. The normalized spacial score (nSPS) is 13.2. The smallest absolute Gasteiger partial charge is 0.324 e. The topological polar surface area (TPSA) is 78.0 Å². The molecule has 0 atom stereocenters. The molecule has 0 bridgehead atoms. The molecule has 0 saturated heterocycles. The van der Waals surface area contributed by atoms with Crippen molar-refractivity contribution in [3.8, 4) is 5.75 Å². The number of nitrogens with zero attached hydrogens (tertiary/aromatic N) is 4. The molecule has 0 spiro atoms. The Kier molecular flexibility index (Phi) is 7.96. The molecule has 1 aliphatic heterocycles. The number of fused-ring (bicyclic) bond motifs is 2. The number of halogens is 1. The SMILES string of the molecule is CCN(CC)C(=O)N(C)c1c2c(nc3ccccc13)CCN(CC(=O)Nc1cc(Cl)ccc1OC)C2. The summed E-state index contributed by atoms with van der Waals surface area (Å²) in [4.78, 5) is 36.8. The molecule has 3 amide bonds. The van der Waals surface area contributed by atoms with Crippen LogP contribution in [0, 0.1) is 0 Å². The molecule has 190 valence electrons. The van der Waals surface area contributed by atoms with Crippen molar-refractivity contribution in [1.29, 1.82) is 0 Å². The maximum Gasteiger partial charge on any atom is 0.324 e. The Balaban J connectivity index is 1.62. The van der Waals surface area contributed by atoms with Gasteiger partial charge in [-0.25, -0.2) is 4.79 Å². The fourth-order valence-electron chi connectivity index (χ4n) is 4.71. The summed E-state index contributed by atoms with van der Waals surface area (Å²) in [5, 5.41) is 4.35. The van der Waals surface area contributed by atoms with Crippen LogP contribution < -0.4 is 15.0 Å². The number of para-hydroxylation sites is 1. The zero-order chi connectivity index (χ0) is 25.8. The zero-order valence-corrected chi connectivity index (χ0v) is 21.9. The first kappa shape index (κ1) is 25.7.